The minimum Gasteiger partial charge on any atom is -0.389 e. The highest BCUT2D eigenvalue weighted by Crippen LogP contribution is 2.32. The molecule has 0 heterocycles. The minimum atomic E-state index is -1.31. The SMILES string of the molecule is CC(O)c1ccccc1CC(Cl)(Cl)Cl. The number of aliphatic hydroxyl groups is 1. The minimum absolute atomic E-state index is 0.304. The van der Waals surface area contributed by atoms with Gasteiger partial charge in [-0.05, 0) is 18.1 Å². The Morgan fingerprint density at radius 1 is 1.29 bits per heavy atom. The van der Waals surface area contributed by atoms with Crippen LogP contribution in [0, 0.1) is 0 Å². The van der Waals surface area contributed by atoms with E-state index in [9.17, 15) is 5.11 Å². The molecule has 0 aromatic heterocycles. The van der Waals surface area contributed by atoms with Crippen LogP contribution in [0.3, 0.4) is 0 Å². The molecule has 0 aliphatic heterocycles. The number of aliphatic hydroxyl groups excluding tert-OH is 1. The van der Waals surface area contributed by atoms with Crippen molar-refractivity contribution in [2.45, 2.75) is 23.2 Å². The van der Waals surface area contributed by atoms with Gasteiger partial charge in [0.25, 0.3) is 0 Å². The van der Waals surface area contributed by atoms with E-state index < -0.39 is 9.90 Å². The topological polar surface area (TPSA) is 20.2 Å². The van der Waals surface area contributed by atoms with Crippen molar-refractivity contribution in [1.82, 2.24) is 0 Å². The van der Waals surface area contributed by atoms with Gasteiger partial charge in [-0.3, -0.25) is 0 Å². The number of hydrogen-bond acceptors (Lipinski definition) is 1. The van der Waals surface area contributed by atoms with Gasteiger partial charge < -0.3 is 5.11 Å². The van der Waals surface area contributed by atoms with E-state index in [1.807, 2.05) is 24.3 Å². The van der Waals surface area contributed by atoms with E-state index in [1.54, 1.807) is 6.92 Å². The lowest BCUT2D eigenvalue weighted by molar-refractivity contribution is 0.198. The summed E-state index contributed by atoms with van der Waals surface area (Å²) in [6.45, 7) is 1.69. The first-order valence-corrected chi connectivity index (χ1v) is 5.36. The molecule has 0 saturated heterocycles. The number of alkyl halides is 3. The molecule has 1 unspecified atom stereocenters. The fraction of sp³-hybridized carbons (Fsp3) is 0.400. The molecule has 0 radical (unpaired) electrons. The van der Waals surface area contributed by atoms with Crippen molar-refractivity contribution in [2.24, 2.45) is 0 Å². The Morgan fingerprint density at radius 2 is 1.86 bits per heavy atom. The van der Waals surface area contributed by atoms with Gasteiger partial charge in [-0.25, -0.2) is 0 Å². The van der Waals surface area contributed by atoms with Crippen LogP contribution in [0.5, 0.6) is 0 Å². The van der Waals surface area contributed by atoms with Crippen LogP contribution < -0.4 is 0 Å². The van der Waals surface area contributed by atoms with Crippen molar-refractivity contribution < 1.29 is 5.11 Å². The molecule has 78 valence electrons. The van der Waals surface area contributed by atoms with Gasteiger partial charge in [0.15, 0.2) is 3.79 Å². The molecule has 1 aromatic rings. The van der Waals surface area contributed by atoms with Gasteiger partial charge in [-0.1, -0.05) is 59.1 Å². The van der Waals surface area contributed by atoms with Crippen molar-refractivity contribution in [3.05, 3.63) is 35.4 Å². The molecule has 1 N–H and O–H groups in total. The van der Waals surface area contributed by atoms with Crippen molar-refractivity contribution in [3.8, 4) is 0 Å². The molecule has 0 aliphatic rings. The van der Waals surface area contributed by atoms with Gasteiger partial charge in [0.05, 0.1) is 6.10 Å². The molecule has 14 heavy (non-hydrogen) atoms. The fourth-order valence-corrected chi connectivity index (χ4v) is 1.75. The normalized spacial score (nSPS) is 14.1. The quantitative estimate of drug-likeness (QED) is 0.798. The Balaban J connectivity index is 2.96. The first-order valence-electron chi connectivity index (χ1n) is 4.23. The molecule has 1 aromatic carbocycles. The summed E-state index contributed by atoms with van der Waals surface area (Å²) in [6, 6.07) is 7.39. The molecule has 1 rings (SSSR count). The van der Waals surface area contributed by atoms with Crippen LogP contribution in [0.15, 0.2) is 24.3 Å². The van der Waals surface area contributed by atoms with E-state index in [-0.39, 0.29) is 0 Å². The van der Waals surface area contributed by atoms with E-state index in [0.29, 0.717) is 6.42 Å². The molecule has 1 atom stereocenters. The first kappa shape index (κ1) is 12.1. The van der Waals surface area contributed by atoms with Crippen molar-refractivity contribution in [2.75, 3.05) is 0 Å². The summed E-state index contributed by atoms with van der Waals surface area (Å²) in [5.41, 5.74) is 1.67. The highest BCUT2D eigenvalue weighted by molar-refractivity contribution is 6.67. The van der Waals surface area contributed by atoms with Crippen LogP contribution in [0.2, 0.25) is 0 Å². The fourth-order valence-electron chi connectivity index (χ4n) is 1.32. The van der Waals surface area contributed by atoms with Crippen LogP contribution in [0.25, 0.3) is 0 Å². The lowest BCUT2D eigenvalue weighted by Gasteiger charge is -2.15. The smallest absolute Gasteiger partial charge is 0.194 e. The lowest BCUT2D eigenvalue weighted by atomic mass is 10.0. The highest BCUT2D eigenvalue weighted by Gasteiger charge is 2.22. The van der Waals surface area contributed by atoms with Crippen LogP contribution in [0.4, 0.5) is 0 Å². The van der Waals surface area contributed by atoms with Gasteiger partial charge in [-0.2, -0.15) is 0 Å². The maximum Gasteiger partial charge on any atom is 0.194 e. The third kappa shape index (κ3) is 3.66. The van der Waals surface area contributed by atoms with Gasteiger partial charge in [0.1, 0.15) is 0 Å². The largest absolute Gasteiger partial charge is 0.389 e. The zero-order valence-corrected chi connectivity index (χ0v) is 9.94. The number of halogens is 3. The maximum atomic E-state index is 9.47. The van der Waals surface area contributed by atoms with E-state index in [0.717, 1.165) is 11.1 Å². The zero-order valence-electron chi connectivity index (χ0n) is 7.67. The van der Waals surface area contributed by atoms with Gasteiger partial charge in [0.2, 0.25) is 0 Å². The second kappa shape index (κ2) is 4.71. The zero-order chi connectivity index (χ0) is 10.8. The molecule has 0 aliphatic carbocycles. The second-order valence-corrected chi connectivity index (χ2v) is 5.68. The average molecular weight is 254 g/mol. The predicted molar refractivity (Wildman–Crippen MR) is 61.1 cm³/mol. The molecule has 0 amide bonds. The molecule has 0 spiro atoms. The lowest BCUT2D eigenvalue weighted by Crippen LogP contribution is -2.10. The first-order chi connectivity index (χ1) is 6.40. The van der Waals surface area contributed by atoms with E-state index in [2.05, 4.69) is 0 Å². The number of rotatable bonds is 2. The molecule has 1 nitrogen and oxygen atoms in total. The van der Waals surface area contributed by atoms with E-state index in [1.165, 1.54) is 0 Å². The average Bonchev–Trinajstić information content (AvgIpc) is 2.01. The molecule has 0 bridgehead atoms. The Labute approximate surface area is 98.6 Å². The summed E-state index contributed by atoms with van der Waals surface area (Å²) < 4.78 is -1.31. The Morgan fingerprint density at radius 3 is 2.36 bits per heavy atom. The number of benzene rings is 1. The third-order valence-corrected chi connectivity index (χ3v) is 2.30. The predicted octanol–water partition coefficient (Wildman–Crippen LogP) is 3.65. The summed E-state index contributed by atoms with van der Waals surface area (Å²) in [4.78, 5) is 0. The van der Waals surface area contributed by atoms with Gasteiger partial charge in [0, 0.05) is 6.42 Å². The summed E-state index contributed by atoms with van der Waals surface area (Å²) in [6.07, 6.45) is -0.239. The Hall–Kier alpha value is 0.0500. The Bertz CT molecular complexity index is 304. The summed E-state index contributed by atoms with van der Waals surface area (Å²) >= 11 is 17.1. The van der Waals surface area contributed by atoms with Crippen LogP contribution in [-0.2, 0) is 6.42 Å². The van der Waals surface area contributed by atoms with Crippen LogP contribution in [0.1, 0.15) is 24.2 Å². The summed E-state index contributed by atoms with van der Waals surface area (Å²) in [7, 11) is 0. The molecular weight excluding hydrogens is 242 g/mol. The van der Waals surface area contributed by atoms with Crippen molar-refractivity contribution in [3.63, 3.8) is 0 Å². The standard InChI is InChI=1S/C10H11Cl3O/c1-7(14)9-5-3-2-4-8(9)6-10(11,12)13/h2-5,7,14H,6H2,1H3. The van der Waals surface area contributed by atoms with Crippen molar-refractivity contribution in [1.29, 1.82) is 0 Å². The van der Waals surface area contributed by atoms with Gasteiger partial charge in [-0.15, -0.1) is 0 Å². The van der Waals surface area contributed by atoms with E-state index >= 15 is 0 Å². The molecule has 0 saturated carbocycles. The van der Waals surface area contributed by atoms with E-state index in [4.69, 9.17) is 34.8 Å². The summed E-state index contributed by atoms with van der Waals surface area (Å²) in [5, 5.41) is 9.47. The third-order valence-electron chi connectivity index (χ3n) is 1.90. The monoisotopic (exact) mass is 252 g/mol. The van der Waals surface area contributed by atoms with Crippen LogP contribution in [-0.4, -0.2) is 8.90 Å². The molecule has 4 heteroatoms. The van der Waals surface area contributed by atoms with Gasteiger partial charge >= 0.3 is 0 Å². The Kier molecular flexibility index (Phi) is 4.08. The molecule has 0 fully saturated rings. The maximum absolute atomic E-state index is 9.47. The summed E-state index contributed by atoms with van der Waals surface area (Å²) in [5.74, 6) is 0. The van der Waals surface area contributed by atoms with Crippen LogP contribution >= 0.6 is 34.8 Å². The highest BCUT2D eigenvalue weighted by atomic mass is 35.6. The number of hydrogen-bond donors (Lipinski definition) is 1. The molecular formula is C10H11Cl3O. The second-order valence-electron chi connectivity index (χ2n) is 3.17. The van der Waals surface area contributed by atoms with Crippen molar-refractivity contribution >= 4 is 34.8 Å².